The third-order valence-corrected chi connectivity index (χ3v) is 6.05. The molecule has 1 aliphatic rings. The van der Waals surface area contributed by atoms with Gasteiger partial charge in [0.25, 0.3) is 5.91 Å². The number of esters is 1. The summed E-state index contributed by atoms with van der Waals surface area (Å²) in [7, 11) is -3.27. The number of hydrogen-bond acceptors (Lipinski definition) is 5. The van der Waals surface area contributed by atoms with Crippen LogP contribution >= 0.6 is 0 Å². The molecule has 0 aromatic heterocycles. The number of ether oxygens (including phenoxy) is 1. The quantitative estimate of drug-likeness (QED) is 0.794. The SMILES string of the molecule is CC(OC(=O)c1ccc(N2CCCS2(=O)=O)cc1)C(=O)Nc1ccccc1. The summed E-state index contributed by atoms with van der Waals surface area (Å²) in [5.74, 6) is -0.957. The lowest BCUT2D eigenvalue weighted by atomic mass is 10.2. The summed E-state index contributed by atoms with van der Waals surface area (Å²) in [6.07, 6.45) is -0.392. The summed E-state index contributed by atoms with van der Waals surface area (Å²) in [4.78, 5) is 24.4. The Morgan fingerprint density at radius 1 is 1.07 bits per heavy atom. The molecule has 3 rings (SSSR count). The molecule has 1 unspecified atom stereocenters. The van der Waals surface area contributed by atoms with Gasteiger partial charge in [0, 0.05) is 12.2 Å². The molecular weight excluding hydrogens is 368 g/mol. The number of sulfonamides is 1. The minimum atomic E-state index is -3.27. The molecule has 0 saturated carbocycles. The Hall–Kier alpha value is -2.87. The van der Waals surface area contributed by atoms with Crippen LogP contribution in [0.15, 0.2) is 54.6 Å². The van der Waals surface area contributed by atoms with Gasteiger partial charge in [-0.2, -0.15) is 0 Å². The van der Waals surface area contributed by atoms with Crippen molar-refractivity contribution < 1.29 is 22.7 Å². The van der Waals surface area contributed by atoms with Crippen molar-refractivity contribution in [3.63, 3.8) is 0 Å². The standard InChI is InChI=1S/C19H20N2O5S/c1-14(18(22)20-16-6-3-2-4-7-16)26-19(23)15-8-10-17(11-9-15)21-12-5-13-27(21,24)25/h2-4,6-11,14H,5,12-13H2,1H3,(H,20,22). The minimum Gasteiger partial charge on any atom is -0.449 e. The summed E-state index contributed by atoms with van der Waals surface area (Å²) in [6.45, 7) is 1.92. The van der Waals surface area contributed by atoms with Crippen LogP contribution in [0.3, 0.4) is 0 Å². The van der Waals surface area contributed by atoms with E-state index in [4.69, 9.17) is 4.74 Å². The fourth-order valence-corrected chi connectivity index (χ4v) is 4.31. The summed E-state index contributed by atoms with van der Waals surface area (Å²) in [5, 5.41) is 2.66. The number of carbonyl (C=O) groups is 2. The lowest BCUT2D eigenvalue weighted by Gasteiger charge is -2.17. The van der Waals surface area contributed by atoms with Gasteiger partial charge in [-0.15, -0.1) is 0 Å². The van der Waals surface area contributed by atoms with Gasteiger partial charge in [0.05, 0.1) is 17.0 Å². The maximum atomic E-state index is 12.2. The Labute approximate surface area is 158 Å². The Morgan fingerprint density at radius 3 is 2.33 bits per heavy atom. The number of nitrogens with one attached hydrogen (secondary N) is 1. The van der Waals surface area contributed by atoms with Crippen molar-refractivity contribution in [1.29, 1.82) is 0 Å². The van der Waals surface area contributed by atoms with Gasteiger partial charge in [0.15, 0.2) is 6.10 Å². The summed E-state index contributed by atoms with van der Waals surface area (Å²) in [5.41, 5.74) is 1.37. The molecule has 0 spiro atoms. The average molecular weight is 388 g/mol. The molecule has 1 saturated heterocycles. The Balaban J connectivity index is 1.61. The van der Waals surface area contributed by atoms with Crippen molar-refractivity contribution in [1.82, 2.24) is 0 Å². The second-order valence-electron chi connectivity index (χ2n) is 6.19. The van der Waals surface area contributed by atoms with Crippen molar-refractivity contribution >= 4 is 33.3 Å². The number of benzene rings is 2. The number of nitrogens with zero attached hydrogens (tertiary/aromatic N) is 1. The molecule has 0 radical (unpaired) electrons. The molecule has 7 nitrogen and oxygen atoms in total. The number of amides is 1. The fraction of sp³-hybridized carbons (Fsp3) is 0.263. The zero-order valence-electron chi connectivity index (χ0n) is 14.8. The Bertz CT molecular complexity index is 926. The molecule has 2 aromatic carbocycles. The molecule has 27 heavy (non-hydrogen) atoms. The van der Waals surface area contributed by atoms with Crippen LogP contribution in [0.5, 0.6) is 0 Å². The van der Waals surface area contributed by atoms with Crippen LogP contribution in [0.4, 0.5) is 11.4 Å². The molecule has 142 valence electrons. The van der Waals surface area contributed by atoms with Crippen LogP contribution < -0.4 is 9.62 Å². The van der Waals surface area contributed by atoms with Gasteiger partial charge in [-0.25, -0.2) is 13.2 Å². The van der Waals surface area contributed by atoms with E-state index in [1.54, 1.807) is 36.4 Å². The molecular formula is C19H20N2O5S. The Kier molecular flexibility index (Phi) is 5.46. The molecule has 1 aliphatic heterocycles. The third kappa shape index (κ3) is 4.46. The van der Waals surface area contributed by atoms with Crippen molar-refractivity contribution in [2.45, 2.75) is 19.4 Å². The van der Waals surface area contributed by atoms with Gasteiger partial charge in [0.1, 0.15) is 0 Å². The monoisotopic (exact) mass is 388 g/mol. The van der Waals surface area contributed by atoms with Crippen molar-refractivity contribution in [3.8, 4) is 0 Å². The van der Waals surface area contributed by atoms with Crippen molar-refractivity contribution in [2.24, 2.45) is 0 Å². The van der Waals surface area contributed by atoms with E-state index in [9.17, 15) is 18.0 Å². The van der Waals surface area contributed by atoms with Gasteiger partial charge < -0.3 is 10.1 Å². The predicted octanol–water partition coefficient (Wildman–Crippen LogP) is 2.41. The van der Waals surface area contributed by atoms with Crippen LogP contribution in [0, 0.1) is 0 Å². The zero-order valence-corrected chi connectivity index (χ0v) is 15.6. The largest absolute Gasteiger partial charge is 0.449 e. The summed E-state index contributed by atoms with van der Waals surface area (Å²) in [6, 6.07) is 15.0. The predicted molar refractivity (Wildman–Crippen MR) is 102 cm³/mol. The van der Waals surface area contributed by atoms with Gasteiger partial charge in [-0.1, -0.05) is 18.2 Å². The van der Waals surface area contributed by atoms with Crippen LogP contribution in [-0.2, 0) is 19.6 Å². The number of hydrogen-bond donors (Lipinski definition) is 1. The molecule has 1 heterocycles. The lowest BCUT2D eigenvalue weighted by Crippen LogP contribution is -2.30. The average Bonchev–Trinajstić information content (AvgIpc) is 3.01. The van der Waals surface area contributed by atoms with Crippen molar-refractivity contribution in [3.05, 3.63) is 60.2 Å². The molecule has 1 atom stereocenters. The zero-order chi connectivity index (χ0) is 19.4. The summed E-state index contributed by atoms with van der Waals surface area (Å²) < 4.78 is 30.4. The molecule has 0 bridgehead atoms. The van der Waals surface area contributed by atoms with Crippen LogP contribution in [-0.4, -0.2) is 38.7 Å². The van der Waals surface area contributed by atoms with Gasteiger partial charge in [-0.3, -0.25) is 9.10 Å². The molecule has 8 heteroatoms. The lowest BCUT2D eigenvalue weighted by molar-refractivity contribution is -0.123. The normalized spacial score (nSPS) is 16.6. The van der Waals surface area contributed by atoms with E-state index in [1.165, 1.54) is 23.4 Å². The first-order chi connectivity index (χ1) is 12.9. The number of carbonyl (C=O) groups excluding carboxylic acids is 2. The van der Waals surface area contributed by atoms with E-state index < -0.39 is 28.0 Å². The van der Waals surface area contributed by atoms with E-state index in [-0.39, 0.29) is 11.3 Å². The molecule has 1 amide bonds. The maximum absolute atomic E-state index is 12.2. The highest BCUT2D eigenvalue weighted by atomic mass is 32.2. The van der Waals surface area contributed by atoms with E-state index in [2.05, 4.69) is 5.32 Å². The fourth-order valence-electron chi connectivity index (χ4n) is 2.74. The minimum absolute atomic E-state index is 0.130. The van der Waals surface area contributed by atoms with Gasteiger partial charge in [-0.05, 0) is 49.7 Å². The molecule has 2 aromatic rings. The van der Waals surface area contributed by atoms with Gasteiger partial charge in [0.2, 0.25) is 10.0 Å². The van der Waals surface area contributed by atoms with Crippen LogP contribution in [0.1, 0.15) is 23.7 Å². The maximum Gasteiger partial charge on any atom is 0.338 e. The number of para-hydroxylation sites is 1. The second kappa shape index (κ2) is 7.79. The van der Waals surface area contributed by atoms with Crippen LogP contribution in [0.2, 0.25) is 0 Å². The highest BCUT2D eigenvalue weighted by molar-refractivity contribution is 7.93. The summed E-state index contributed by atoms with van der Waals surface area (Å²) >= 11 is 0. The highest BCUT2D eigenvalue weighted by Gasteiger charge is 2.28. The van der Waals surface area contributed by atoms with Crippen molar-refractivity contribution in [2.75, 3.05) is 21.9 Å². The third-order valence-electron chi connectivity index (χ3n) is 4.18. The second-order valence-corrected chi connectivity index (χ2v) is 8.20. The molecule has 1 fully saturated rings. The number of rotatable bonds is 5. The highest BCUT2D eigenvalue weighted by Crippen LogP contribution is 2.24. The molecule has 1 N–H and O–H groups in total. The Morgan fingerprint density at radius 2 is 1.74 bits per heavy atom. The van der Waals surface area contributed by atoms with E-state index in [0.717, 1.165) is 0 Å². The number of anilines is 2. The first kappa shape index (κ1) is 18.9. The van der Waals surface area contributed by atoms with E-state index in [1.807, 2.05) is 6.07 Å². The van der Waals surface area contributed by atoms with Gasteiger partial charge >= 0.3 is 5.97 Å². The van der Waals surface area contributed by atoms with E-state index in [0.29, 0.717) is 24.3 Å². The molecule has 0 aliphatic carbocycles. The topological polar surface area (TPSA) is 92.8 Å². The van der Waals surface area contributed by atoms with E-state index >= 15 is 0 Å². The van der Waals surface area contributed by atoms with Crippen LogP contribution in [0.25, 0.3) is 0 Å². The smallest absolute Gasteiger partial charge is 0.338 e. The first-order valence-electron chi connectivity index (χ1n) is 8.54. The first-order valence-corrected chi connectivity index (χ1v) is 10.1.